The zero-order valence-electron chi connectivity index (χ0n) is 16.2. The Balaban J connectivity index is 2.04. The summed E-state index contributed by atoms with van der Waals surface area (Å²) in [5.41, 5.74) is -2.20. The molecule has 0 saturated heterocycles. The van der Waals surface area contributed by atoms with Crippen LogP contribution < -0.4 is 4.72 Å². The quantitative estimate of drug-likeness (QED) is 0.320. The van der Waals surface area contributed by atoms with Crippen molar-refractivity contribution in [2.24, 2.45) is 0 Å². The lowest BCUT2D eigenvalue weighted by molar-refractivity contribution is -0.136. The number of anilines is 1. The molecule has 33 heavy (non-hydrogen) atoms. The van der Waals surface area contributed by atoms with E-state index in [0.29, 0.717) is 6.07 Å². The number of hydrogen-bond donors (Lipinski definition) is 2. The van der Waals surface area contributed by atoms with Crippen LogP contribution in [-0.4, -0.2) is 19.5 Å². The first-order valence-electron chi connectivity index (χ1n) is 9.09. The number of fused-ring (bicyclic) bond motifs is 6. The smallest absolute Gasteiger partial charge is 0.418 e. The Morgan fingerprint density at radius 3 is 2.45 bits per heavy atom. The van der Waals surface area contributed by atoms with Gasteiger partial charge in [0.2, 0.25) is 0 Å². The molecule has 3 aromatic carbocycles. The molecule has 1 aliphatic heterocycles. The van der Waals surface area contributed by atoms with E-state index >= 15 is 0 Å². The van der Waals surface area contributed by atoms with E-state index in [4.69, 9.17) is 16.3 Å². The van der Waals surface area contributed by atoms with Crippen LogP contribution in [0.2, 0.25) is 5.02 Å². The fourth-order valence-corrected chi connectivity index (χ4v) is 4.80. The van der Waals surface area contributed by atoms with Crippen LogP contribution in [-0.2, 0) is 27.5 Å². The molecule has 2 N–H and O–H groups in total. The summed E-state index contributed by atoms with van der Waals surface area (Å²) in [4.78, 5) is 11.6. The minimum atomic E-state index is -4.95. The van der Waals surface area contributed by atoms with Gasteiger partial charge in [0, 0.05) is 0 Å². The van der Waals surface area contributed by atoms with Gasteiger partial charge in [-0.25, -0.2) is 17.6 Å². The summed E-state index contributed by atoms with van der Waals surface area (Å²) in [6, 6.07) is 7.61. The molecule has 172 valence electrons. The van der Waals surface area contributed by atoms with Crippen molar-refractivity contribution >= 4 is 33.3 Å². The lowest BCUT2D eigenvalue weighted by Gasteiger charge is -2.17. The van der Waals surface area contributed by atoms with Crippen molar-refractivity contribution in [2.45, 2.75) is 17.7 Å². The summed E-state index contributed by atoms with van der Waals surface area (Å²) >= 11 is 5.85. The molecule has 0 aliphatic carbocycles. The third kappa shape index (κ3) is 4.33. The molecule has 12 heteroatoms. The van der Waals surface area contributed by atoms with Crippen LogP contribution in [0, 0.1) is 5.82 Å². The molecule has 0 amide bonds. The van der Waals surface area contributed by atoms with E-state index in [-0.39, 0.29) is 22.3 Å². The van der Waals surface area contributed by atoms with Crippen molar-refractivity contribution in [1.29, 1.82) is 0 Å². The highest BCUT2D eigenvalue weighted by molar-refractivity contribution is 7.92. The average Bonchev–Trinajstić information content (AvgIpc) is 2.72. The number of benzene rings is 3. The second-order valence-electron chi connectivity index (χ2n) is 7.05. The first kappa shape index (κ1) is 22.9. The number of carbonyl (C=O) groups is 1. The normalized spacial score (nSPS) is 15.2. The number of alkyl halides is 3. The molecule has 1 heterocycles. The number of nitrogens with one attached hydrogen (secondary N) is 1. The molecule has 4 rings (SSSR count). The number of sulfonamides is 1. The van der Waals surface area contributed by atoms with Gasteiger partial charge in [0.05, 0.1) is 21.8 Å². The maximum Gasteiger partial charge on any atom is 0.418 e. The standard InChI is InChI=1S/C21H12ClF4NO5S/c22-16-5-12-7-18(19(16)28)33(30,31)27-17-6-10(2-4-15(17)21(24,25)26)14-8-13(23)3-1-11(14)9-32-20(12)29/h1-8,27-28H,9H2. The van der Waals surface area contributed by atoms with E-state index in [1.807, 2.05) is 0 Å². The number of rotatable bonds is 0. The van der Waals surface area contributed by atoms with Crippen LogP contribution >= 0.6 is 11.6 Å². The molecule has 0 fully saturated rings. The Morgan fingerprint density at radius 1 is 1.03 bits per heavy atom. The van der Waals surface area contributed by atoms with Crippen molar-refractivity contribution in [1.82, 2.24) is 0 Å². The van der Waals surface area contributed by atoms with Crippen molar-refractivity contribution in [2.75, 3.05) is 4.72 Å². The van der Waals surface area contributed by atoms with E-state index in [0.717, 1.165) is 36.4 Å². The Labute approximate surface area is 189 Å². The van der Waals surface area contributed by atoms with Crippen LogP contribution in [0.15, 0.2) is 53.4 Å². The second kappa shape index (κ2) is 7.92. The Bertz CT molecular complexity index is 1410. The number of cyclic esters (lactones) is 1. The average molecular weight is 502 g/mol. The zero-order chi connectivity index (χ0) is 24.1. The number of aromatic hydroxyl groups is 1. The van der Waals surface area contributed by atoms with Gasteiger partial charge in [-0.1, -0.05) is 23.7 Å². The van der Waals surface area contributed by atoms with E-state index in [1.54, 1.807) is 4.72 Å². The minimum Gasteiger partial charge on any atom is -0.505 e. The van der Waals surface area contributed by atoms with E-state index in [2.05, 4.69) is 0 Å². The lowest BCUT2D eigenvalue weighted by Crippen LogP contribution is -2.18. The molecule has 0 spiro atoms. The van der Waals surface area contributed by atoms with Crippen molar-refractivity contribution in [3.8, 4) is 16.9 Å². The number of phenols is 1. The number of ether oxygens (including phenoxy) is 1. The summed E-state index contributed by atoms with van der Waals surface area (Å²) in [5.74, 6) is -2.70. The molecular weight excluding hydrogens is 490 g/mol. The summed E-state index contributed by atoms with van der Waals surface area (Å²) in [6.07, 6.45) is -4.95. The summed E-state index contributed by atoms with van der Waals surface area (Å²) < 4.78 is 87.6. The molecule has 3 aromatic rings. The highest BCUT2D eigenvalue weighted by Crippen LogP contribution is 2.40. The molecule has 0 unspecified atom stereocenters. The molecule has 1 aliphatic rings. The highest BCUT2D eigenvalue weighted by Gasteiger charge is 2.36. The maximum absolute atomic E-state index is 13.9. The van der Waals surface area contributed by atoms with E-state index in [9.17, 15) is 35.9 Å². The molecule has 0 saturated carbocycles. The lowest BCUT2D eigenvalue weighted by atomic mass is 9.97. The van der Waals surface area contributed by atoms with Crippen LogP contribution in [0.1, 0.15) is 21.5 Å². The third-order valence-electron chi connectivity index (χ3n) is 4.86. The predicted molar refractivity (Wildman–Crippen MR) is 110 cm³/mol. The van der Waals surface area contributed by atoms with Crippen LogP contribution in [0.5, 0.6) is 5.75 Å². The van der Waals surface area contributed by atoms with Gasteiger partial charge in [-0.15, -0.1) is 0 Å². The summed E-state index contributed by atoms with van der Waals surface area (Å²) in [6.45, 7) is -0.404. The highest BCUT2D eigenvalue weighted by atomic mass is 35.5. The summed E-state index contributed by atoms with van der Waals surface area (Å²) in [7, 11) is -4.87. The Kier molecular flexibility index (Phi) is 5.49. The fourth-order valence-electron chi connectivity index (χ4n) is 3.31. The monoisotopic (exact) mass is 501 g/mol. The van der Waals surface area contributed by atoms with E-state index in [1.165, 1.54) is 6.07 Å². The van der Waals surface area contributed by atoms with Gasteiger partial charge in [0.15, 0.2) is 5.75 Å². The van der Waals surface area contributed by atoms with Crippen LogP contribution in [0.4, 0.5) is 23.2 Å². The molecule has 0 aromatic heterocycles. The van der Waals surface area contributed by atoms with Gasteiger partial charge >= 0.3 is 12.1 Å². The molecule has 4 bridgehead atoms. The molecule has 0 atom stereocenters. The number of halogens is 5. The van der Waals surface area contributed by atoms with Crippen molar-refractivity contribution < 1.29 is 40.6 Å². The van der Waals surface area contributed by atoms with Gasteiger partial charge in [0.1, 0.15) is 17.3 Å². The Hall–Kier alpha value is -3.31. The van der Waals surface area contributed by atoms with Gasteiger partial charge in [-0.3, -0.25) is 4.72 Å². The largest absolute Gasteiger partial charge is 0.505 e. The van der Waals surface area contributed by atoms with Crippen LogP contribution in [0.25, 0.3) is 11.1 Å². The first-order valence-corrected chi connectivity index (χ1v) is 11.0. The van der Waals surface area contributed by atoms with Crippen molar-refractivity contribution in [3.05, 3.63) is 76.1 Å². The van der Waals surface area contributed by atoms with Gasteiger partial charge in [0.25, 0.3) is 10.0 Å². The second-order valence-corrected chi connectivity index (χ2v) is 9.10. The maximum atomic E-state index is 13.9. The van der Waals surface area contributed by atoms with Crippen LogP contribution in [0.3, 0.4) is 0 Å². The number of esters is 1. The predicted octanol–water partition coefficient (Wildman–Crippen LogP) is 5.34. The van der Waals surface area contributed by atoms with Gasteiger partial charge in [-0.05, 0) is 53.1 Å². The minimum absolute atomic E-state index is 0.0273. The van der Waals surface area contributed by atoms with E-state index < -0.39 is 61.5 Å². The van der Waals surface area contributed by atoms with Crippen molar-refractivity contribution in [3.63, 3.8) is 0 Å². The fraction of sp³-hybridized carbons (Fsp3) is 0.0952. The summed E-state index contributed by atoms with van der Waals surface area (Å²) in [5, 5.41) is 9.61. The molecule has 6 nitrogen and oxygen atoms in total. The number of phenolic OH excluding ortho intramolecular Hbond substituents is 1. The van der Waals surface area contributed by atoms with Gasteiger partial charge in [-0.2, -0.15) is 13.2 Å². The number of hydrogen-bond acceptors (Lipinski definition) is 5. The number of carbonyl (C=O) groups excluding carboxylic acids is 1. The zero-order valence-corrected chi connectivity index (χ0v) is 17.8. The van der Waals surface area contributed by atoms with Gasteiger partial charge < -0.3 is 9.84 Å². The first-order chi connectivity index (χ1) is 15.4. The molecule has 0 radical (unpaired) electrons. The molecular formula is C21H12ClF4NO5S. The Morgan fingerprint density at radius 2 is 1.76 bits per heavy atom. The third-order valence-corrected chi connectivity index (χ3v) is 6.53. The SMILES string of the molecule is O=C1OCc2ccc(F)cc2-c2ccc(C(F)(F)F)c(c2)NS(=O)(=O)c2cc1cc(Cl)c2O. The topological polar surface area (TPSA) is 92.7 Å².